The van der Waals surface area contributed by atoms with Gasteiger partial charge < -0.3 is 14.7 Å². The van der Waals surface area contributed by atoms with Crippen molar-refractivity contribution in [3.05, 3.63) is 47.4 Å². The maximum Gasteiger partial charge on any atom is 0.272 e. The summed E-state index contributed by atoms with van der Waals surface area (Å²) in [6.07, 6.45) is 6.08. The smallest absolute Gasteiger partial charge is 0.272 e. The van der Waals surface area contributed by atoms with E-state index in [4.69, 9.17) is 11.6 Å². The monoisotopic (exact) mass is 399 g/mol. The van der Waals surface area contributed by atoms with Crippen LogP contribution in [-0.2, 0) is 0 Å². The predicted octanol–water partition coefficient (Wildman–Crippen LogP) is 3.47. The number of benzene rings is 1. The van der Waals surface area contributed by atoms with E-state index >= 15 is 0 Å². The lowest BCUT2D eigenvalue weighted by molar-refractivity contribution is 0.0755. The summed E-state index contributed by atoms with van der Waals surface area (Å²) in [5.41, 5.74) is 1.65. The maximum absolute atomic E-state index is 12.9. The summed E-state index contributed by atoms with van der Waals surface area (Å²) in [7, 11) is 0. The quantitative estimate of drug-likeness (QED) is 0.790. The Balaban J connectivity index is 1.41. The molecule has 2 saturated heterocycles. The molecule has 2 aromatic rings. The molecule has 7 heteroatoms. The molecule has 2 aliphatic heterocycles. The second kappa shape index (κ2) is 8.78. The van der Waals surface area contributed by atoms with Gasteiger partial charge in [-0.05, 0) is 31.0 Å². The third-order valence-electron chi connectivity index (χ3n) is 5.54. The van der Waals surface area contributed by atoms with E-state index in [1.807, 2.05) is 29.2 Å². The molecule has 3 heterocycles. The van der Waals surface area contributed by atoms with Crippen molar-refractivity contribution in [1.29, 1.82) is 0 Å². The minimum absolute atomic E-state index is 0.0307. The fourth-order valence-electron chi connectivity index (χ4n) is 3.94. The zero-order valence-electron chi connectivity index (χ0n) is 16.1. The van der Waals surface area contributed by atoms with Crippen molar-refractivity contribution in [2.45, 2.75) is 25.7 Å². The summed E-state index contributed by atoms with van der Waals surface area (Å²) in [5, 5.41) is 0.757. The number of halogens is 1. The molecular formula is C21H26ClN5O. The van der Waals surface area contributed by atoms with Crippen molar-refractivity contribution < 1.29 is 4.79 Å². The van der Waals surface area contributed by atoms with Crippen LogP contribution >= 0.6 is 11.6 Å². The molecule has 0 spiro atoms. The highest BCUT2D eigenvalue weighted by Gasteiger charge is 2.22. The van der Waals surface area contributed by atoms with Crippen LogP contribution in [0.5, 0.6) is 0 Å². The van der Waals surface area contributed by atoms with Crippen LogP contribution in [0.3, 0.4) is 0 Å². The molecule has 6 nitrogen and oxygen atoms in total. The average Bonchev–Trinajstić information content (AvgIpc) is 3.03. The third-order valence-corrected chi connectivity index (χ3v) is 5.78. The first-order chi connectivity index (χ1) is 13.7. The van der Waals surface area contributed by atoms with Gasteiger partial charge in [0.2, 0.25) is 0 Å². The molecule has 1 aromatic heterocycles. The number of anilines is 2. The number of hydrogen-bond donors (Lipinski definition) is 0. The van der Waals surface area contributed by atoms with Crippen LogP contribution < -0.4 is 9.80 Å². The summed E-state index contributed by atoms with van der Waals surface area (Å²) >= 11 is 6.12. The number of rotatable bonds is 3. The minimum atomic E-state index is 0.0307. The largest absolute Gasteiger partial charge is 0.368 e. The Kier molecular flexibility index (Phi) is 5.95. The SMILES string of the molecule is O=C(c1cc(N2CCN(c3cccc(Cl)c3)CC2)ncn1)N1CCCCCC1. The van der Waals surface area contributed by atoms with Gasteiger partial charge in [-0.3, -0.25) is 4.79 Å². The fourth-order valence-corrected chi connectivity index (χ4v) is 4.12. The predicted molar refractivity (Wildman–Crippen MR) is 112 cm³/mol. The lowest BCUT2D eigenvalue weighted by Crippen LogP contribution is -2.47. The molecule has 4 rings (SSSR count). The van der Waals surface area contributed by atoms with Gasteiger partial charge in [0.05, 0.1) is 0 Å². The molecule has 0 aliphatic carbocycles. The number of aromatic nitrogens is 2. The van der Waals surface area contributed by atoms with E-state index in [1.165, 1.54) is 19.2 Å². The molecule has 0 atom stereocenters. The Hall–Kier alpha value is -2.34. The summed E-state index contributed by atoms with van der Waals surface area (Å²) < 4.78 is 0. The highest BCUT2D eigenvalue weighted by Crippen LogP contribution is 2.23. The zero-order chi connectivity index (χ0) is 19.3. The second-order valence-corrected chi connectivity index (χ2v) is 7.86. The van der Waals surface area contributed by atoms with Crippen molar-refractivity contribution in [3.63, 3.8) is 0 Å². The Labute approximate surface area is 171 Å². The van der Waals surface area contributed by atoms with E-state index in [2.05, 4.69) is 25.8 Å². The lowest BCUT2D eigenvalue weighted by Gasteiger charge is -2.36. The molecule has 148 valence electrons. The summed E-state index contributed by atoms with van der Waals surface area (Å²) in [5.74, 6) is 0.863. The van der Waals surface area contributed by atoms with E-state index < -0.39 is 0 Å². The fraction of sp³-hybridized carbons (Fsp3) is 0.476. The normalized spacial score (nSPS) is 18.1. The van der Waals surface area contributed by atoms with Gasteiger partial charge in [-0.25, -0.2) is 9.97 Å². The van der Waals surface area contributed by atoms with E-state index in [9.17, 15) is 4.79 Å². The number of carbonyl (C=O) groups excluding carboxylic acids is 1. The number of nitrogens with zero attached hydrogens (tertiary/aromatic N) is 5. The Morgan fingerprint density at radius 3 is 2.29 bits per heavy atom. The highest BCUT2D eigenvalue weighted by molar-refractivity contribution is 6.30. The zero-order valence-corrected chi connectivity index (χ0v) is 16.8. The second-order valence-electron chi connectivity index (χ2n) is 7.42. The summed E-state index contributed by atoms with van der Waals surface area (Å²) in [6.45, 7) is 5.13. The Bertz CT molecular complexity index is 814. The summed E-state index contributed by atoms with van der Waals surface area (Å²) in [6, 6.07) is 9.81. The molecule has 1 amide bonds. The van der Waals surface area contributed by atoms with Gasteiger partial charge in [-0.15, -0.1) is 0 Å². The van der Waals surface area contributed by atoms with Crippen LogP contribution in [-0.4, -0.2) is 60.0 Å². The van der Waals surface area contributed by atoms with Gasteiger partial charge in [-0.2, -0.15) is 0 Å². The molecule has 0 bridgehead atoms. The maximum atomic E-state index is 12.9. The van der Waals surface area contributed by atoms with Gasteiger partial charge in [0.15, 0.2) is 0 Å². The summed E-state index contributed by atoms with van der Waals surface area (Å²) in [4.78, 5) is 28.0. The Morgan fingerprint density at radius 2 is 1.57 bits per heavy atom. The van der Waals surface area contributed by atoms with E-state index in [-0.39, 0.29) is 5.91 Å². The lowest BCUT2D eigenvalue weighted by atomic mass is 10.2. The Morgan fingerprint density at radius 1 is 0.857 bits per heavy atom. The van der Waals surface area contributed by atoms with Gasteiger partial charge in [0.1, 0.15) is 17.8 Å². The van der Waals surface area contributed by atoms with Gasteiger partial charge in [-0.1, -0.05) is 30.5 Å². The molecule has 1 aromatic carbocycles. The molecule has 0 radical (unpaired) electrons. The molecule has 0 unspecified atom stereocenters. The first-order valence-electron chi connectivity index (χ1n) is 10.1. The first-order valence-corrected chi connectivity index (χ1v) is 10.5. The number of hydrogen-bond acceptors (Lipinski definition) is 5. The molecule has 0 saturated carbocycles. The minimum Gasteiger partial charge on any atom is -0.368 e. The van der Waals surface area contributed by atoms with E-state index in [0.29, 0.717) is 5.69 Å². The molecule has 28 heavy (non-hydrogen) atoms. The topological polar surface area (TPSA) is 52.6 Å². The van der Waals surface area contributed by atoms with Gasteiger partial charge in [0.25, 0.3) is 5.91 Å². The first kappa shape index (κ1) is 19.0. The van der Waals surface area contributed by atoms with Crippen molar-refractivity contribution in [2.24, 2.45) is 0 Å². The standard InChI is InChI=1S/C21H26ClN5O/c22-17-6-5-7-18(14-17)25-10-12-26(13-11-25)20-15-19(23-16-24-20)21(28)27-8-3-1-2-4-9-27/h5-7,14-16H,1-4,8-13H2. The number of likely N-dealkylation sites (tertiary alicyclic amines) is 1. The number of piperazine rings is 1. The van der Waals surface area contributed by atoms with Crippen molar-refractivity contribution in [2.75, 3.05) is 49.1 Å². The van der Waals surface area contributed by atoms with Crippen molar-refractivity contribution in [3.8, 4) is 0 Å². The van der Waals surface area contributed by atoms with Crippen LogP contribution in [0.1, 0.15) is 36.2 Å². The molecule has 0 N–H and O–H groups in total. The van der Waals surface area contributed by atoms with Crippen molar-refractivity contribution >= 4 is 29.0 Å². The third kappa shape index (κ3) is 4.38. The van der Waals surface area contributed by atoms with E-state index in [0.717, 1.165) is 68.6 Å². The number of carbonyl (C=O) groups is 1. The van der Waals surface area contributed by atoms with Gasteiger partial charge >= 0.3 is 0 Å². The average molecular weight is 400 g/mol. The van der Waals surface area contributed by atoms with Crippen LogP contribution in [0.25, 0.3) is 0 Å². The van der Waals surface area contributed by atoms with Crippen LogP contribution in [0.15, 0.2) is 36.7 Å². The molecule has 2 aliphatic rings. The molecule has 2 fully saturated rings. The van der Waals surface area contributed by atoms with Crippen LogP contribution in [0, 0.1) is 0 Å². The number of amides is 1. The molecular weight excluding hydrogens is 374 g/mol. The highest BCUT2D eigenvalue weighted by atomic mass is 35.5. The van der Waals surface area contributed by atoms with Gasteiger partial charge in [0, 0.05) is 56.0 Å². The van der Waals surface area contributed by atoms with E-state index in [1.54, 1.807) is 0 Å². The van der Waals surface area contributed by atoms with Crippen LogP contribution in [0.4, 0.5) is 11.5 Å². The van der Waals surface area contributed by atoms with Crippen molar-refractivity contribution in [1.82, 2.24) is 14.9 Å². The van der Waals surface area contributed by atoms with Crippen LogP contribution in [0.2, 0.25) is 5.02 Å².